The van der Waals surface area contributed by atoms with E-state index in [1.165, 1.54) is 11.0 Å². The highest BCUT2D eigenvalue weighted by Crippen LogP contribution is 2.23. The Labute approximate surface area is 113 Å². The molecule has 1 aromatic rings. The van der Waals surface area contributed by atoms with Crippen LogP contribution in [0.2, 0.25) is 0 Å². The van der Waals surface area contributed by atoms with Gasteiger partial charge in [0.1, 0.15) is 16.9 Å². The van der Waals surface area contributed by atoms with Crippen molar-refractivity contribution in [2.24, 2.45) is 0 Å². The van der Waals surface area contributed by atoms with Crippen LogP contribution in [0.25, 0.3) is 0 Å². The zero-order valence-electron chi connectivity index (χ0n) is 9.64. The summed E-state index contributed by atoms with van der Waals surface area (Å²) in [5.74, 6) is -1.90. The average Bonchev–Trinajstić information content (AvgIpc) is 2.64. The second-order valence-electron chi connectivity index (χ2n) is 4.31. The summed E-state index contributed by atoms with van der Waals surface area (Å²) in [6.07, 6.45) is -0.214. The molecule has 0 spiro atoms. The van der Waals surface area contributed by atoms with Crippen molar-refractivity contribution in [2.45, 2.75) is 18.2 Å². The molecular weight excluding hydrogens is 300 g/mol. The molecule has 8 heteroatoms. The highest BCUT2D eigenvalue weighted by molar-refractivity contribution is 8.14. The molecule has 0 aromatic heterocycles. The zero-order valence-corrected chi connectivity index (χ0v) is 11.2. The van der Waals surface area contributed by atoms with Crippen LogP contribution in [-0.4, -0.2) is 31.0 Å². The number of amides is 1. The van der Waals surface area contributed by atoms with Crippen molar-refractivity contribution in [1.29, 1.82) is 0 Å². The van der Waals surface area contributed by atoms with Crippen molar-refractivity contribution in [3.63, 3.8) is 0 Å². The van der Waals surface area contributed by atoms with Crippen molar-refractivity contribution in [1.82, 2.24) is 4.90 Å². The van der Waals surface area contributed by atoms with E-state index >= 15 is 0 Å². The third-order valence-electron chi connectivity index (χ3n) is 2.95. The van der Waals surface area contributed by atoms with Crippen LogP contribution in [0.5, 0.6) is 0 Å². The maximum Gasteiger partial charge on any atom is 0.237 e. The van der Waals surface area contributed by atoms with Gasteiger partial charge in [0.15, 0.2) is 0 Å². The summed E-state index contributed by atoms with van der Waals surface area (Å²) < 4.78 is 48.5. The van der Waals surface area contributed by atoms with Crippen molar-refractivity contribution in [3.05, 3.63) is 35.4 Å². The topological polar surface area (TPSA) is 54.5 Å². The molecule has 1 unspecified atom stereocenters. The lowest BCUT2D eigenvalue weighted by molar-refractivity contribution is -0.128. The third-order valence-corrected chi connectivity index (χ3v) is 4.82. The van der Waals surface area contributed by atoms with Crippen molar-refractivity contribution < 1.29 is 22.0 Å². The maximum atomic E-state index is 13.4. The Balaban J connectivity index is 2.14. The fourth-order valence-corrected chi connectivity index (χ4v) is 2.99. The monoisotopic (exact) mass is 309 g/mol. The predicted octanol–water partition coefficient (Wildman–Crippen LogP) is 1.63. The molecule has 2 rings (SSSR count). The van der Waals surface area contributed by atoms with Gasteiger partial charge in [-0.05, 0) is 6.07 Å². The number of hydrogen-bond acceptors (Lipinski definition) is 3. The Bertz CT molecular complexity index is 620. The van der Waals surface area contributed by atoms with Gasteiger partial charge < -0.3 is 4.90 Å². The molecule has 1 saturated heterocycles. The van der Waals surface area contributed by atoms with E-state index in [1.807, 2.05) is 0 Å². The fourth-order valence-electron chi connectivity index (χ4n) is 1.93. The Morgan fingerprint density at radius 1 is 1.37 bits per heavy atom. The lowest BCUT2D eigenvalue weighted by Crippen LogP contribution is -2.27. The first-order valence-electron chi connectivity index (χ1n) is 5.42. The van der Waals surface area contributed by atoms with E-state index in [4.69, 9.17) is 10.7 Å². The van der Waals surface area contributed by atoms with Crippen LogP contribution in [0, 0.1) is 11.6 Å². The Morgan fingerprint density at radius 2 is 2.05 bits per heavy atom. The van der Waals surface area contributed by atoms with E-state index in [2.05, 4.69) is 0 Å². The molecule has 0 N–H and O–H groups in total. The fraction of sp³-hybridized carbons (Fsp3) is 0.364. The van der Waals surface area contributed by atoms with Crippen LogP contribution in [0.4, 0.5) is 8.78 Å². The van der Waals surface area contributed by atoms with E-state index in [9.17, 15) is 22.0 Å². The predicted molar refractivity (Wildman–Crippen MR) is 65.0 cm³/mol. The summed E-state index contributed by atoms with van der Waals surface area (Å²) in [5, 5.41) is -0.981. The first-order chi connectivity index (χ1) is 8.77. The molecule has 0 bridgehead atoms. The van der Waals surface area contributed by atoms with Gasteiger partial charge in [-0.3, -0.25) is 4.79 Å². The second-order valence-corrected chi connectivity index (χ2v) is 7.22. The van der Waals surface area contributed by atoms with E-state index in [1.54, 1.807) is 0 Å². The summed E-state index contributed by atoms with van der Waals surface area (Å²) in [6.45, 7) is -0.185. The van der Waals surface area contributed by atoms with Gasteiger partial charge in [0.25, 0.3) is 0 Å². The summed E-state index contributed by atoms with van der Waals surface area (Å²) in [5.41, 5.74) is 0.127. The minimum absolute atomic E-state index is 0.0819. The third kappa shape index (κ3) is 3.22. The van der Waals surface area contributed by atoms with Gasteiger partial charge in [0.2, 0.25) is 15.0 Å². The Morgan fingerprint density at radius 3 is 2.58 bits per heavy atom. The molecule has 1 heterocycles. The van der Waals surface area contributed by atoms with Crippen LogP contribution < -0.4 is 0 Å². The standard InChI is InChI=1S/C11H10ClF2NO3S/c12-19(17,18)9-4-11(16)15(6-9)5-7-1-2-8(13)3-10(7)14/h1-3,9H,4-6H2. The molecule has 1 amide bonds. The van der Waals surface area contributed by atoms with Crippen LogP contribution >= 0.6 is 10.7 Å². The largest absolute Gasteiger partial charge is 0.337 e. The number of carbonyl (C=O) groups is 1. The highest BCUT2D eigenvalue weighted by Gasteiger charge is 2.37. The molecule has 1 atom stereocenters. The Hall–Kier alpha value is -1.21. The molecule has 1 aliphatic heterocycles. The molecule has 104 valence electrons. The average molecular weight is 310 g/mol. The molecule has 19 heavy (non-hydrogen) atoms. The van der Waals surface area contributed by atoms with E-state index < -0.39 is 31.8 Å². The lowest BCUT2D eigenvalue weighted by atomic mass is 10.2. The summed E-state index contributed by atoms with van der Waals surface area (Å²) >= 11 is 0. The van der Waals surface area contributed by atoms with Crippen molar-refractivity contribution >= 4 is 25.6 Å². The molecule has 4 nitrogen and oxygen atoms in total. The minimum Gasteiger partial charge on any atom is -0.337 e. The Kier molecular flexibility index (Phi) is 3.78. The van der Waals surface area contributed by atoms with Crippen molar-refractivity contribution in [2.75, 3.05) is 6.54 Å². The maximum absolute atomic E-state index is 13.4. The number of hydrogen-bond donors (Lipinski definition) is 0. The van der Waals surface area contributed by atoms with E-state index in [-0.39, 0.29) is 25.1 Å². The van der Waals surface area contributed by atoms with Crippen LogP contribution in [0.15, 0.2) is 18.2 Å². The summed E-state index contributed by atoms with van der Waals surface area (Å²) in [6, 6.07) is 3.01. The quantitative estimate of drug-likeness (QED) is 0.798. The number of likely N-dealkylation sites (tertiary alicyclic amines) is 1. The normalized spacial score (nSPS) is 20.1. The summed E-state index contributed by atoms with van der Waals surface area (Å²) in [7, 11) is 1.37. The number of rotatable bonds is 3. The van der Waals surface area contributed by atoms with Gasteiger partial charge in [-0.15, -0.1) is 0 Å². The van der Waals surface area contributed by atoms with Gasteiger partial charge in [-0.2, -0.15) is 0 Å². The molecule has 0 radical (unpaired) electrons. The highest BCUT2D eigenvalue weighted by atomic mass is 35.7. The summed E-state index contributed by atoms with van der Waals surface area (Å²) in [4.78, 5) is 12.8. The number of carbonyl (C=O) groups excluding carboxylic acids is 1. The minimum atomic E-state index is -3.82. The van der Waals surface area contributed by atoms with Gasteiger partial charge >= 0.3 is 0 Å². The van der Waals surface area contributed by atoms with Crippen molar-refractivity contribution in [3.8, 4) is 0 Å². The lowest BCUT2D eigenvalue weighted by Gasteiger charge is -2.16. The van der Waals surface area contributed by atoms with Gasteiger partial charge in [0, 0.05) is 41.8 Å². The number of benzene rings is 1. The SMILES string of the molecule is O=C1CC(S(=O)(=O)Cl)CN1Cc1ccc(F)cc1F. The first kappa shape index (κ1) is 14.2. The second kappa shape index (κ2) is 5.05. The molecule has 1 fully saturated rings. The zero-order chi connectivity index (χ0) is 14.2. The van der Waals surface area contributed by atoms with Crippen LogP contribution in [0.3, 0.4) is 0 Å². The van der Waals surface area contributed by atoms with Crippen LogP contribution in [-0.2, 0) is 20.4 Å². The van der Waals surface area contributed by atoms with E-state index in [0.717, 1.165) is 6.07 Å². The molecule has 1 aliphatic rings. The molecule has 0 saturated carbocycles. The number of nitrogens with zero attached hydrogens (tertiary/aromatic N) is 1. The molecule has 1 aromatic carbocycles. The smallest absolute Gasteiger partial charge is 0.237 e. The number of halogens is 3. The van der Waals surface area contributed by atoms with Gasteiger partial charge in [-0.1, -0.05) is 6.07 Å². The van der Waals surface area contributed by atoms with Crippen LogP contribution in [0.1, 0.15) is 12.0 Å². The molecule has 0 aliphatic carbocycles. The van der Waals surface area contributed by atoms with Gasteiger partial charge in [0.05, 0.1) is 0 Å². The van der Waals surface area contributed by atoms with E-state index in [0.29, 0.717) is 6.07 Å². The van der Waals surface area contributed by atoms with Gasteiger partial charge in [-0.25, -0.2) is 17.2 Å². The first-order valence-corrected chi connectivity index (χ1v) is 7.80. The molecular formula is C11H10ClF2NO3S.